The van der Waals surface area contributed by atoms with E-state index < -0.39 is 58.2 Å². The first-order valence-electron chi connectivity index (χ1n) is 19.9. The normalized spacial score (nSPS) is 16.6. The molecule has 2 aromatic rings. The number of rotatable bonds is 15. The molecular weight excluding hydrogens is 755 g/mol. The first kappa shape index (κ1) is 45.3. The molecule has 0 bridgehead atoms. The molecule has 4 rings (SSSR count). The van der Waals surface area contributed by atoms with Crippen molar-refractivity contribution in [2.75, 3.05) is 39.3 Å². The Kier molecular flexibility index (Phi) is 15.7. The summed E-state index contributed by atoms with van der Waals surface area (Å²) in [5.41, 5.74) is -1.16. The minimum atomic E-state index is -4.28. The Morgan fingerprint density at radius 1 is 0.754 bits per heavy atom. The zero-order valence-corrected chi connectivity index (χ0v) is 35.0. The summed E-state index contributed by atoms with van der Waals surface area (Å²) < 4.78 is 39.7. The van der Waals surface area contributed by atoms with Gasteiger partial charge in [0.25, 0.3) is 0 Å². The van der Waals surface area contributed by atoms with E-state index in [1.54, 1.807) is 46.2 Å². The van der Waals surface area contributed by atoms with Crippen molar-refractivity contribution in [2.24, 2.45) is 17.8 Å². The molecule has 2 saturated heterocycles. The second kappa shape index (κ2) is 19.8. The molecule has 15 nitrogen and oxygen atoms in total. The van der Waals surface area contributed by atoms with Gasteiger partial charge in [0, 0.05) is 44.0 Å². The maximum atomic E-state index is 13.6. The minimum Gasteiger partial charge on any atom is -0.480 e. The van der Waals surface area contributed by atoms with Gasteiger partial charge in [-0.15, -0.1) is 0 Å². The first-order valence-corrected chi connectivity index (χ1v) is 21.4. The number of amides is 4. The van der Waals surface area contributed by atoms with Crippen LogP contribution >= 0.6 is 0 Å². The number of piperidine rings is 2. The minimum absolute atomic E-state index is 0.0846. The number of sulfonamides is 1. The Morgan fingerprint density at radius 3 is 1.74 bits per heavy atom. The Morgan fingerprint density at radius 2 is 1.25 bits per heavy atom. The second-order valence-corrected chi connectivity index (χ2v) is 18.9. The Balaban J connectivity index is 1.31. The average Bonchev–Trinajstić information content (AvgIpc) is 3.14. The molecule has 2 aliphatic heterocycles. The molecule has 2 aliphatic rings. The summed E-state index contributed by atoms with van der Waals surface area (Å²) in [5, 5.41) is 16.1. The zero-order valence-electron chi connectivity index (χ0n) is 34.2. The molecule has 4 amide bonds. The monoisotopic (exact) mass is 815 g/mol. The predicted octanol–water partition coefficient (Wildman–Crippen LogP) is 5.27. The third-order valence-electron chi connectivity index (χ3n) is 10.3. The van der Waals surface area contributed by atoms with E-state index in [9.17, 15) is 37.5 Å². The van der Waals surface area contributed by atoms with Crippen molar-refractivity contribution in [2.45, 2.75) is 115 Å². The average molecular weight is 816 g/mol. The van der Waals surface area contributed by atoms with Crippen LogP contribution in [-0.4, -0.2) is 110 Å². The van der Waals surface area contributed by atoms with Crippen LogP contribution in [0.15, 0.2) is 47.4 Å². The molecular formula is C41H61N5O10S. The molecule has 0 saturated carbocycles. The smallest absolute Gasteiger partial charge is 0.410 e. The highest BCUT2D eigenvalue weighted by Gasteiger charge is 2.31. The number of benzene rings is 2. The van der Waals surface area contributed by atoms with E-state index in [0.717, 1.165) is 38.5 Å². The van der Waals surface area contributed by atoms with Gasteiger partial charge in [0.1, 0.15) is 17.2 Å². The number of carboxylic acid groups (broad SMARTS) is 1. The highest BCUT2D eigenvalue weighted by molar-refractivity contribution is 7.89. The van der Waals surface area contributed by atoms with E-state index in [1.165, 1.54) is 6.07 Å². The summed E-state index contributed by atoms with van der Waals surface area (Å²) in [6.45, 7) is 12.3. The predicted molar refractivity (Wildman–Crippen MR) is 215 cm³/mol. The van der Waals surface area contributed by atoms with Gasteiger partial charge in [-0.3, -0.25) is 14.4 Å². The van der Waals surface area contributed by atoms with Crippen LogP contribution < -0.4 is 15.4 Å². The lowest BCUT2D eigenvalue weighted by Crippen LogP contribution is -2.50. The van der Waals surface area contributed by atoms with Gasteiger partial charge in [-0.2, -0.15) is 4.72 Å². The van der Waals surface area contributed by atoms with Crippen molar-refractivity contribution in [3.63, 3.8) is 0 Å². The molecule has 2 aromatic carbocycles. The van der Waals surface area contributed by atoms with Crippen molar-refractivity contribution < 1.29 is 47.0 Å². The topological polar surface area (TPSA) is 201 Å². The fourth-order valence-corrected chi connectivity index (χ4v) is 8.61. The molecule has 2 heterocycles. The fraction of sp³-hybridized carbons (Fsp3) is 0.634. The SMILES string of the molecule is CC(C)(C)OC(=O)N1CCC(CCC(CCC2CCN(C(=O)OC(C)(C)C)CC2)C(=O)NCC(=O)NC[C@@H](NS(=O)(=O)c2cccc3ccccc23)C(=O)O)CC1. The van der Waals surface area contributed by atoms with Gasteiger partial charge in [0.05, 0.1) is 11.4 Å². The third kappa shape index (κ3) is 14.5. The molecule has 0 spiro atoms. The quantitative estimate of drug-likeness (QED) is 0.184. The molecule has 1 atom stereocenters. The Hall–Kier alpha value is -4.44. The highest BCUT2D eigenvalue weighted by Crippen LogP contribution is 2.30. The largest absolute Gasteiger partial charge is 0.480 e. The van der Waals surface area contributed by atoms with Gasteiger partial charge >= 0.3 is 18.2 Å². The second-order valence-electron chi connectivity index (χ2n) is 17.2. The lowest BCUT2D eigenvalue weighted by Gasteiger charge is -2.34. The van der Waals surface area contributed by atoms with Gasteiger partial charge in [-0.05, 0) is 116 Å². The summed E-state index contributed by atoms with van der Waals surface area (Å²) >= 11 is 0. The van der Waals surface area contributed by atoms with E-state index in [4.69, 9.17) is 9.47 Å². The van der Waals surface area contributed by atoms with E-state index in [-0.39, 0.29) is 23.0 Å². The number of carboxylic acids is 1. The molecule has 2 fully saturated rings. The number of hydrogen-bond donors (Lipinski definition) is 4. The van der Waals surface area contributed by atoms with Crippen molar-refractivity contribution in [1.29, 1.82) is 0 Å². The third-order valence-corrected chi connectivity index (χ3v) is 11.8. The molecule has 4 N–H and O–H groups in total. The molecule has 16 heteroatoms. The number of carbonyl (C=O) groups is 5. The number of carbonyl (C=O) groups excluding carboxylic acids is 4. The van der Waals surface area contributed by atoms with E-state index in [0.29, 0.717) is 61.6 Å². The van der Waals surface area contributed by atoms with Crippen LogP contribution in [0.2, 0.25) is 0 Å². The van der Waals surface area contributed by atoms with Crippen molar-refractivity contribution in [1.82, 2.24) is 25.2 Å². The number of likely N-dealkylation sites (tertiary alicyclic amines) is 2. The molecule has 0 aliphatic carbocycles. The van der Waals surface area contributed by atoms with E-state index in [1.807, 2.05) is 41.5 Å². The molecule has 0 aromatic heterocycles. The van der Waals surface area contributed by atoms with Crippen LogP contribution in [0.5, 0.6) is 0 Å². The van der Waals surface area contributed by atoms with Crippen LogP contribution in [0.3, 0.4) is 0 Å². The van der Waals surface area contributed by atoms with Gasteiger partial charge in [0.2, 0.25) is 21.8 Å². The van der Waals surface area contributed by atoms with E-state index >= 15 is 0 Å². The van der Waals surface area contributed by atoms with Crippen LogP contribution in [0, 0.1) is 17.8 Å². The maximum absolute atomic E-state index is 13.6. The number of hydrogen-bond acceptors (Lipinski definition) is 9. The molecule has 57 heavy (non-hydrogen) atoms. The number of nitrogens with one attached hydrogen (secondary N) is 3. The standard InChI is InChI=1S/C41H61N5O10S/c1-40(2,3)55-38(51)45-22-18-28(19-23-45)14-16-31(17-15-29-20-24-46(25-21-29)39(52)56-41(4,5)6)36(48)43-27-35(47)42-26-33(37(49)50)44-57(53,54)34-13-9-11-30-10-7-8-12-32(30)34/h7-13,28-29,31,33,44H,14-27H2,1-6H3,(H,42,47)(H,43,48)(H,49,50)/t33-/m1/s1. The number of aliphatic carboxylic acids is 1. The van der Waals surface area contributed by atoms with Crippen LogP contribution in [-0.2, 0) is 33.9 Å². The van der Waals surface area contributed by atoms with Crippen molar-refractivity contribution >= 4 is 50.8 Å². The summed E-state index contributed by atoms with van der Waals surface area (Å²) in [4.78, 5) is 67.1. The lowest BCUT2D eigenvalue weighted by atomic mass is 9.84. The number of fused-ring (bicyclic) bond motifs is 1. The maximum Gasteiger partial charge on any atom is 0.410 e. The summed E-state index contributed by atoms with van der Waals surface area (Å²) in [5.74, 6) is -2.22. The van der Waals surface area contributed by atoms with Gasteiger partial charge in [0.15, 0.2) is 0 Å². The highest BCUT2D eigenvalue weighted by atomic mass is 32.2. The fourth-order valence-electron chi connectivity index (χ4n) is 7.19. The Bertz CT molecular complexity index is 1770. The molecule has 0 unspecified atom stereocenters. The summed E-state index contributed by atoms with van der Waals surface area (Å²) in [6, 6.07) is 9.86. The summed E-state index contributed by atoms with van der Waals surface area (Å²) in [7, 11) is -4.28. The first-order chi connectivity index (χ1) is 26.7. The van der Waals surface area contributed by atoms with E-state index in [2.05, 4.69) is 15.4 Å². The Labute approximate surface area is 336 Å². The molecule has 0 radical (unpaired) electrons. The van der Waals surface area contributed by atoms with Gasteiger partial charge in [-0.1, -0.05) is 36.4 Å². The van der Waals surface area contributed by atoms with Crippen LogP contribution in [0.25, 0.3) is 10.8 Å². The van der Waals surface area contributed by atoms with Crippen molar-refractivity contribution in [3.05, 3.63) is 42.5 Å². The van der Waals surface area contributed by atoms with Crippen LogP contribution in [0.1, 0.15) is 92.9 Å². The summed E-state index contributed by atoms with van der Waals surface area (Å²) in [6.07, 6.45) is 5.18. The lowest BCUT2D eigenvalue weighted by molar-refractivity contribution is -0.139. The van der Waals surface area contributed by atoms with Gasteiger partial charge < -0.3 is 35.0 Å². The van der Waals surface area contributed by atoms with Crippen LogP contribution in [0.4, 0.5) is 9.59 Å². The molecule has 316 valence electrons. The zero-order chi connectivity index (χ0) is 42.0. The van der Waals surface area contributed by atoms with Crippen molar-refractivity contribution in [3.8, 4) is 0 Å². The number of nitrogens with zero attached hydrogens (tertiary/aromatic N) is 2. The number of ether oxygens (including phenoxy) is 2. The van der Waals surface area contributed by atoms with Gasteiger partial charge in [-0.25, -0.2) is 18.0 Å².